The van der Waals surface area contributed by atoms with E-state index in [1.807, 2.05) is 6.07 Å². The van der Waals surface area contributed by atoms with Crippen molar-refractivity contribution in [2.24, 2.45) is 17.8 Å². The highest BCUT2D eigenvalue weighted by atomic mass is 16.7. The van der Waals surface area contributed by atoms with Crippen molar-refractivity contribution in [2.45, 2.75) is 63.1 Å². The van der Waals surface area contributed by atoms with Gasteiger partial charge in [-0.3, -0.25) is 9.69 Å². The van der Waals surface area contributed by atoms with Gasteiger partial charge in [-0.1, -0.05) is 0 Å². The van der Waals surface area contributed by atoms with Crippen LogP contribution in [0.4, 0.5) is 0 Å². The number of carbonyl (C=O) groups is 1. The van der Waals surface area contributed by atoms with E-state index in [2.05, 4.69) is 22.0 Å². The second-order valence-corrected chi connectivity index (χ2v) is 10.8. The molecule has 4 aliphatic rings. The number of ether oxygens (including phenoxy) is 5. The van der Waals surface area contributed by atoms with Gasteiger partial charge in [0.05, 0.1) is 38.4 Å². The minimum Gasteiger partial charge on any atom is -0.497 e. The van der Waals surface area contributed by atoms with Gasteiger partial charge in [-0.25, -0.2) is 0 Å². The third-order valence-corrected chi connectivity index (χ3v) is 9.07. The number of hydrogen-bond donors (Lipinski definition) is 1. The largest absolute Gasteiger partial charge is 0.497 e. The monoisotopic (exact) mass is 498 g/mol. The van der Waals surface area contributed by atoms with E-state index in [-0.39, 0.29) is 42.3 Å². The number of rotatable bonds is 5. The van der Waals surface area contributed by atoms with Gasteiger partial charge in [-0.05, 0) is 68.1 Å². The first kappa shape index (κ1) is 24.2. The van der Waals surface area contributed by atoms with E-state index >= 15 is 0 Å². The maximum atomic E-state index is 13.2. The maximum absolute atomic E-state index is 13.2. The summed E-state index contributed by atoms with van der Waals surface area (Å²) in [7, 11) is 4.88. The van der Waals surface area contributed by atoms with Gasteiger partial charge in [0.2, 0.25) is 0 Å². The number of H-pyrrole nitrogens is 1. The summed E-state index contributed by atoms with van der Waals surface area (Å²) in [5, 5.41) is 1.27. The molecular formula is C28H38N2O6. The minimum absolute atomic E-state index is 0.169. The molecule has 196 valence electrons. The molecule has 8 nitrogen and oxygen atoms in total. The number of hydrogen-bond acceptors (Lipinski definition) is 7. The van der Waals surface area contributed by atoms with Crippen molar-refractivity contribution in [2.75, 3.05) is 41.0 Å². The lowest BCUT2D eigenvalue weighted by molar-refractivity contribution is -0.239. The minimum atomic E-state index is -0.357. The molecule has 3 aliphatic heterocycles. The molecule has 1 aromatic carbocycles. The number of fused-ring (bicyclic) bond motifs is 6. The average Bonchev–Trinajstić information content (AvgIpc) is 3.29. The third kappa shape index (κ3) is 4.12. The summed E-state index contributed by atoms with van der Waals surface area (Å²) in [6, 6.07) is 6.53. The lowest BCUT2D eigenvalue weighted by atomic mass is 9.63. The molecule has 7 atom stereocenters. The van der Waals surface area contributed by atoms with Crippen LogP contribution in [0.1, 0.15) is 49.4 Å². The van der Waals surface area contributed by atoms with Gasteiger partial charge in [0, 0.05) is 49.5 Å². The summed E-state index contributed by atoms with van der Waals surface area (Å²) in [6.45, 7) is 2.70. The number of aromatic nitrogens is 1. The first-order valence-corrected chi connectivity index (χ1v) is 13.4. The van der Waals surface area contributed by atoms with Crippen molar-refractivity contribution >= 4 is 16.9 Å². The summed E-state index contributed by atoms with van der Waals surface area (Å²) in [5.74, 6) is 0.819. The Hall–Kier alpha value is -2.13. The number of esters is 1. The highest BCUT2D eigenvalue weighted by molar-refractivity contribution is 5.86. The number of piperidine rings is 1. The molecule has 1 aromatic heterocycles. The molecule has 0 amide bonds. The number of aromatic amines is 1. The maximum Gasteiger partial charge on any atom is 0.311 e. The van der Waals surface area contributed by atoms with Crippen LogP contribution in [0.2, 0.25) is 0 Å². The van der Waals surface area contributed by atoms with Gasteiger partial charge >= 0.3 is 5.97 Å². The Morgan fingerprint density at radius 2 is 2.06 bits per heavy atom. The average molecular weight is 499 g/mol. The van der Waals surface area contributed by atoms with Crippen molar-refractivity contribution in [3.63, 3.8) is 0 Å². The van der Waals surface area contributed by atoms with Crippen molar-refractivity contribution in [1.82, 2.24) is 9.88 Å². The van der Waals surface area contributed by atoms with Crippen LogP contribution in [0.25, 0.3) is 10.9 Å². The summed E-state index contributed by atoms with van der Waals surface area (Å²) in [4.78, 5) is 19.5. The Morgan fingerprint density at radius 1 is 1.17 bits per heavy atom. The highest BCUT2D eigenvalue weighted by Crippen LogP contribution is 2.50. The quantitative estimate of drug-likeness (QED) is 0.628. The van der Waals surface area contributed by atoms with E-state index in [0.717, 1.165) is 69.5 Å². The number of nitrogens with zero attached hydrogens (tertiary/aromatic N) is 1. The fraction of sp³-hybridized carbons (Fsp3) is 0.679. The molecule has 1 N–H and O–H groups in total. The van der Waals surface area contributed by atoms with Gasteiger partial charge < -0.3 is 28.7 Å². The van der Waals surface area contributed by atoms with Gasteiger partial charge in [0.1, 0.15) is 5.75 Å². The zero-order valence-corrected chi connectivity index (χ0v) is 21.5. The van der Waals surface area contributed by atoms with Crippen LogP contribution in [0.3, 0.4) is 0 Å². The first-order chi connectivity index (χ1) is 17.6. The summed E-state index contributed by atoms with van der Waals surface area (Å²) >= 11 is 0. The predicted octanol–water partition coefficient (Wildman–Crippen LogP) is 3.83. The highest BCUT2D eigenvalue weighted by Gasteiger charge is 2.54. The lowest BCUT2D eigenvalue weighted by Crippen LogP contribution is -2.58. The van der Waals surface area contributed by atoms with E-state index in [1.54, 1.807) is 14.2 Å². The molecule has 1 aliphatic carbocycles. The molecular weight excluding hydrogens is 460 g/mol. The predicted molar refractivity (Wildman–Crippen MR) is 134 cm³/mol. The molecule has 2 saturated heterocycles. The summed E-state index contributed by atoms with van der Waals surface area (Å²) in [6.07, 6.45) is 5.13. The van der Waals surface area contributed by atoms with Gasteiger partial charge in [-0.2, -0.15) is 0 Å². The van der Waals surface area contributed by atoms with E-state index in [0.29, 0.717) is 5.92 Å². The molecule has 6 rings (SSSR count). The smallest absolute Gasteiger partial charge is 0.311 e. The Kier molecular flexibility index (Phi) is 6.71. The molecule has 3 fully saturated rings. The molecule has 2 aromatic rings. The second kappa shape index (κ2) is 9.97. The molecule has 7 unspecified atom stereocenters. The van der Waals surface area contributed by atoms with Crippen LogP contribution >= 0.6 is 0 Å². The second-order valence-electron chi connectivity index (χ2n) is 10.8. The molecule has 0 spiro atoms. The number of methoxy groups -OCH3 is 3. The van der Waals surface area contributed by atoms with Crippen LogP contribution in [-0.2, 0) is 30.2 Å². The van der Waals surface area contributed by atoms with Crippen molar-refractivity contribution in [1.29, 1.82) is 0 Å². The Bertz CT molecular complexity index is 1100. The fourth-order valence-electron chi connectivity index (χ4n) is 7.39. The topological polar surface area (TPSA) is 82.3 Å². The first-order valence-electron chi connectivity index (χ1n) is 13.4. The van der Waals surface area contributed by atoms with Crippen LogP contribution in [0.15, 0.2) is 18.2 Å². The van der Waals surface area contributed by atoms with Crippen LogP contribution in [-0.4, -0.2) is 75.4 Å². The van der Waals surface area contributed by atoms with Crippen LogP contribution in [0.5, 0.6) is 5.75 Å². The standard InChI is InChI=1S/C28H38N2O6/c1-32-17-7-8-18-19-9-10-30-15-16-12-23(36-24-6-4-5-11-35-24)27(33-2)25(28(31)34-3)20(16)14-22(30)26(19)29-21(18)13-17/h7-8,13,16,20,22-25,27,29H,4-6,9-12,14-15H2,1-3H3. The van der Waals surface area contributed by atoms with E-state index in [1.165, 1.54) is 23.8 Å². The zero-order chi connectivity index (χ0) is 24.8. The molecule has 8 heteroatoms. The Balaban J connectivity index is 1.30. The van der Waals surface area contributed by atoms with Crippen molar-refractivity contribution in [3.05, 3.63) is 29.5 Å². The Labute approximate surface area is 212 Å². The molecule has 0 radical (unpaired) electrons. The molecule has 1 saturated carbocycles. The van der Waals surface area contributed by atoms with Gasteiger partial charge in [0.15, 0.2) is 6.29 Å². The SMILES string of the molecule is COC(=O)C1C2CC3c4[nH]c5cc(OC)ccc5c4CCN3CC2CC(OC2CCCCO2)C1OC. The zero-order valence-electron chi connectivity index (χ0n) is 21.5. The fourth-order valence-corrected chi connectivity index (χ4v) is 7.39. The third-order valence-electron chi connectivity index (χ3n) is 9.07. The van der Waals surface area contributed by atoms with Crippen LogP contribution < -0.4 is 4.74 Å². The molecule has 36 heavy (non-hydrogen) atoms. The van der Waals surface area contributed by atoms with E-state index in [4.69, 9.17) is 23.7 Å². The Morgan fingerprint density at radius 3 is 2.81 bits per heavy atom. The lowest BCUT2D eigenvalue weighted by Gasteiger charge is -2.53. The van der Waals surface area contributed by atoms with Gasteiger partial charge in [-0.15, -0.1) is 0 Å². The summed E-state index contributed by atoms with van der Waals surface area (Å²) < 4.78 is 29.2. The normalized spacial score (nSPS) is 34.5. The summed E-state index contributed by atoms with van der Waals surface area (Å²) in [5.41, 5.74) is 3.80. The van der Waals surface area contributed by atoms with E-state index < -0.39 is 0 Å². The van der Waals surface area contributed by atoms with Gasteiger partial charge in [0.25, 0.3) is 0 Å². The van der Waals surface area contributed by atoms with Crippen LogP contribution in [0, 0.1) is 17.8 Å². The van der Waals surface area contributed by atoms with Crippen molar-refractivity contribution in [3.8, 4) is 5.75 Å². The molecule has 4 heterocycles. The number of carbonyl (C=O) groups excluding carboxylic acids is 1. The molecule has 0 bridgehead atoms. The number of benzene rings is 1. The van der Waals surface area contributed by atoms with Crippen molar-refractivity contribution < 1.29 is 28.5 Å². The number of nitrogens with one attached hydrogen (secondary N) is 1. The van der Waals surface area contributed by atoms with E-state index in [9.17, 15) is 4.79 Å².